The lowest BCUT2D eigenvalue weighted by atomic mass is 9.84. The van der Waals surface area contributed by atoms with Crippen molar-refractivity contribution in [2.24, 2.45) is 5.73 Å². The molecular formula is C24H16Br2N4O3S. The molecule has 2 N–H and O–H groups in total. The van der Waals surface area contributed by atoms with Crippen LogP contribution in [0, 0.1) is 22.7 Å². The van der Waals surface area contributed by atoms with E-state index >= 15 is 0 Å². The van der Waals surface area contributed by atoms with Crippen molar-refractivity contribution in [3.05, 3.63) is 81.6 Å². The van der Waals surface area contributed by atoms with E-state index in [4.69, 9.17) is 15.2 Å². The minimum atomic E-state index is -0.710. The van der Waals surface area contributed by atoms with Gasteiger partial charge in [0.15, 0.2) is 0 Å². The molecule has 0 saturated carbocycles. The molecule has 0 saturated heterocycles. The molecule has 7 nitrogen and oxygen atoms in total. The summed E-state index contributed by atoms with van der Waals surface area (Å²) in [5.74, 6) is 0.589. The standard InChI is InChI=1S/C24H16Br2N4O3S/c1-32-18-5-3-12(7-16(18)25)8-20-23(31)30-22(29)14(10-27)21(15(11-28)24(30)34-20)13-4-6-19(33-2)17(26)9-13/h3-9,21H,29H2,1-2H3/t21-/m0/s1. The van der Waals surface area contributed by atoms with Gasteiger partial charge in [-0.3, -0.25) is 9.36 Å². The first-order chi connectivity index (χ1) is 16.3. The Labute approximate surface area is 215 Å². The van der Waals surface area contributed by atoms with Gasteiger partial charge in [-0.15, -0.1) is 11.3 Å². The van der Waals surface area contributed by atoms with Gasteiger partial charge in [0.25, 0.3) is 5.56 Å². The summed E-state index contributed by atoms with van der Waals surface area (Å²) < 4.78 is 14.0. The monoisotopic (exact) mass is 598 g/mol. The summed E-state index contributed by atoms with van der Waals surface area (Å²) in [6.45, 7) is 0. The molecule has 10 heteroatoms. The minimum Gasteiger partial charge on any atom is -0.496 e. The van der Waals surface area contributed by atoms with E-state index in [1.54, 1.807) is 44.6 Å². The van der Waals surface area contributed by atoms with Crippen LogP contribution in [-0.4, -0.2) is 18.8 Å². The Morgan fingerprint density at radius 1 is 1.03 bits per heavy atom. The van der Waals surface area contributed by atoms with Crippen LogP contribution in [0.3, 0.4) is 0 Å². The minimum absolute atomic E-state index is 0.0188. The molecule has 1 atom stereocenters. The van der Waals surface area contributed by atoms with E-state index in [1.165, 1.54) is 4.57 Å². The highest BCUT2D eigenvalue weighted by molar-refractivity contribution is 9.10. The van der Waals surface area contributed by atoms with Gasteiger partial charge in [0.05, 0.1) is 56.9 Å². The van der Waals surface area contributed by atoms with Crippen molar-refractivity contribution in [1.82, 2.24) is 4.57 Å². The third-order valence-electron chi connectivity index (χ3n) is 5.37. The van der Waals surface area contributed by atoms with Crippen LogP contribution in [-0.2, 0) is 0 Å². The predicted octanol–water partition coefficient (Wildman–Crippen LogP) is 3.40. The van der Waals surface area contributed by atoms with Gasteiger partial charge in [0.2, 0.25) is 0 Å². The topological polar surface area (TPSA) is 114 Å². The van der Waals surface area contributed by atoms with Gasteiger partial charge >= 0.3 is 0 Å². The number of fused-ring (bicyclic) bond motifs is 1. The number of nitriles is 2. The SMILES string of the molecule is COc1ccc(C=c2sc3n(c2=O)C(N)=C(C#N)[C@H](c2ccc(OC)c(Br)c2)C=3C#N)cc1Br. The first-order valence-electron chi connectivity index (χ1n) is 9.79. The zero-order chi connectivity index (χ0) is 24.6. The average Bonchev–Trinajstić information content (AvgIpc) is 3.15. The highest BCUT2D eigenvalue weighted by atomic mass is 79.9. The molecule has 1 aliphatic heterocycles. The van der Waals surface area contributed by atoms with Crippen molar-refractivity contribution >= 4 is 60.7 Å². The fraction of sp³-hybridized carbons (Fsp3) is 0.125. The molecule has 0 radical (unpaired) electrons. The van der Waals surface area contributed by atoms with Gasteiger partial charge in [0, 0.05) is 0 Å². The van der Waals surface area contributed by atoms with Crippen molar-refractivity contribution in [3.8, 4) is 23.6 Å². The first kappa shape index (κ1) is 23.8. The van der Waals surface area contributed by atoms with Crippen molar-refractivity contribution in [2.45, 2.75) is 5.92 Å². The van der Waals surface area contributed by atoms with E-state index in [2.05, 4.69) is 44.0 Å². The van der Waals surface area contributed by atoms with E-state index in [1.807, 2.05) is 12.1 Å². The molecule has 170 valence electrons. The van der Waals surface area contributed by atoms with E-state index in [9.17, 15) is 15.3 Å². The number of halogens is 2. The van der Waals surface area contributed by atoms with Gasteiger partial charge < -0.3 is 15.2 Å². The van der Waals surface area contributed by atoms with Crippen LogP contribution in [0.2, 0.25) is 0 Å². The van der Waals surface area contributed by atoms with Crippen LogP contribution >= 0.6 is 43.2 Å². The number of allylic oxidation sites excluding steroid dienone is 1. The fourth-order valence-corrected chi connectivity index (χ4v) is 6.02. The normalized spacial score (nSPS) is 15.5. The predicted molar refractivity (Wildman–Crippen MR) is 138 cm³/mol. The largest absolute Gasteiger partial charge is 0.496 e. The van der Waals surface area contributed by atoms with E-state index in [0.717, 1.165) is 21.4 Å². The Morgan fingerprint density at radius 2 is 1.65 bits per heavy atom. The first-order valence-corrected chi connectivity index (χ1v) is 12.2. The molecule has 4 rings (SSSR count). The Hall–Kier alpha value is -3.31. The number of hydrogen-bond acceptors (Lipinski definition) is 7. The molecule has 0 amide bonds. The lowest BCUT2D eigenvalue weighted by Crippen LogP contribution is -2.38. The number of hydrogen-bond donors (Lipinski definition) is 1. The molecular weight excluding hydrogens is 584 g/mol. The molecule has 2 aromatic carbocycles. The molecule has 3 aromatic rings. The van der Waals surface area contributed by atoms with Crippen molar-refractivity contribution in [2.75, 3.05) is 14.2 Å². The average molecular weight is 600 g/mol. The maximum Gasteiger partial charge on any atom is 0.274 e. The zero-order valence-electron chi connectivity index (χ0n) is 17.9. The second kappa shape index (κ2) is 9.51. The second-order valence-corrected chi connectivity index (χ2v) is 9.95. The van der Waals surface area contributed by atoms with E-state index in [-0.39, 0.29) is 22.5 Å². The lowest BCUT2D eigenvalue weighted by molar-refractivity contribution is 0.412. The Balaban J connectivity index is 2.00. The summed E-state index contributed by atoms with van der Waals surface area (Å²) in [5.41, 5.74) is 7.81. The Morgan fingerprint density at radius 3 is 2.21 bits per heavy atom. The second-order valence-electron chi connectivity index (χ2n) is 7.21. The number of benzene rings is 2. The van der Waals surface area contributed by atoms with Crippen molar-refractivity contribution in [1.29, 1.82) is 10.5 Å². The van der Waals surface area contributed by atoms with Crippen LogP contribution in [0.1, 0.15) is 17.0 Å². The van der Waals surface area contributed by atoms with Crippen LogP contribution in [0.4, 0.5) is 0 Å². The summed E-state index contributed by atoms with van der Waals surface area (Å²) in [7, 11) is 3.12. The van der Waals surface area contributed by atoms with Crippen LogP contribution in [0.25, 0.3) is 17.5 Å². The van der Waals surface area contributed by atoms with Crippen molar-refractivity contribution in [3.63, 3.8) is 0 Å². The quantitative estimate of drug-likeness (QED) is 0.492. The maximum atomic E-state index is 13.3. The van der Waals surface area contributed by atoms with Gasteiger partial charge in [0.1, 0.15) is 22.0 Å². The molecule has 2 heterocycles. The Bertz CT molecular complexity index is 1620. The molecule has 0 spiro atoms. The molecule has 1 aromatic heterocycles. The van der Waals surface area contributed by atoms with Crippen LogP contribution in [0.15, 0.2) is 55.7 Å². The summed E-state index contributed by atoms with van der Waals surface area (Å²) in [4.78, 5) is 13.3. The van der Waals surface area contributed by atoms with E-state index in [0.29, 0.717) is 30.7 Å². The number of nitrogens with two attached hydrogens (primary N) is 1. The molecule has 1 aliphatic rings. The number of aromatic nitrogens is 1. The zero-order valence-corrected chi connectivity index (χ0v) is 21.9. The smallest absolute Gasteiger partial charge is 0.274 e. The highest BCUT2D eigenvalue weighted by Crippen LogP contribution is 2.38. The van der Waals surface area contributed by atoms with E-state index < -0.39 is 5.92 Å². The Kier molecular flexibility index (Phi) is 6.67. The lowest BCUT2D eigenvalue weighted by Gasteiger charge is -2.22. The molecule has 0 aliphatic carbocycles. The van der Waals surface area contributed by atoms with Crippen molar-refractivity contribution < 1.29 is 9.47 Å². The number of rotatable bonds is 4. The van der Waals surface area contributed by atoms with Gasteiger partial charge in [-0.25, -0.2) is 0 Å². The number of thiazole rings is 1. The third kappa shape index (κ3) is 3.94. The number of methoxy groups -OCH3 is 2. The van der Waals surface area contributed by atoms with Crippen LogP contribution < -0.4 is 30.0 Å². The molecule has 0 unspecified atom stereocenters. The highest BCUT2D eigenvalue weighted by Gasteiger charge is 2.32. The summed E-state index contributed by atoms with van der Waals surface area (Å²) in [6.07, 6.45) is 1.72. The summed E-state index contributed by atoms with van der Waals surface area (Å²) >= 11 is 8.06. The molecule has 0 bridgehead atoms. The molecule has 34 heavy (non-hydrogen) atoms. The summed E-state index contributed by atoms with van der Waals surface area (Å²) in [5, 5.41) is 20.0. The third-order valence-corrected chi connectivity index (χ3v) is 7.72. The molecule has 0 fully saturated rings. The fourth-order valence-electron chi connectivity index (χ4n) is 3.77. The maximum absolute atomic E-state index is 13.3. The summed E-state index contributed by atoms with van der Waals surface area (Å²) in [6, 6.07) is 15.1. The number of ether oxygens (including phenoxy) is 2. The van der Waals surface area contributed by atoms with Gasteiger partial charge in [-0.1, -0.05) is 12.1 Å². The van der Waals surface area contributed by atoms with Gasteiger partial charge in [-0.05, 0) is 73.3 Å². The van der Waals surface area contributed by atoms with Gasteiger partial charge in [-0.2, -0.15) is 10.5 Å². The van der Waals surface area contributed by atoms with Crippen LogP contribution in [0.5, 0.6) is 11.5 Å². The number of nitrogens with zero attached hydrogens (tertiary/aromatic N) is 3.